The minimum atomic E-state index is -0.706. The summed E-state index contributed by atoms with van der Waals surface area (Å²) in [6.07, 6.45) is 4.37. The Hall–Kier alpha value is -4.03. The topological polar surface area (TPSA) is 95.6 Å². The van der Waals surface area contributed by atoms with Crippen molar-refractivity contribution in [2.24, 2.45) is 5.10 Å². The average Bonchev–Trinajstić information content (AvgIpc) is 3.48. The smallest absolute Gasteiger partial charge is 0.337 e. The lowest BCUT2D eigenvalue weighted by Gasteiger charge is -2.37. The van der Waals surface area contributed by atoms with Crippen LogP contribution in [0.25, 0.3) is 5.82 Å². The SMILES string of the molecule is Cc1ncn(-c2nc(N3CCN(C(=O)N4N=CC[C@H]4c4cc(F)cc(F)c4)CC3)ncc2F)n1. The second kappa shape index (κ2) is 8.72. The highest BCUT2D eigenvalue weighted by Crippen LogP contribution is 2.30. The number of piperazine rings is 1. The van der Waals surface area contributed by atoms with Gasteiger partial charge in [-0.3, -0.25) is 0 Å². The molecule has 2 aliphatic rings. The van der Waals surface area contributed by atoms with Crippen LogP contribution in [0.2, 0.25) is 0 Å². The van der Waals surface area contributed by atoms with Crippen LogP contribution in [0.3, 0.4) is 0 Å². The van der Waals surface area contributed by atoms with Crippen molar-refractivity contribution >= 4 is 18.2 Å². The van der Waals surface area contributed by atoms with E-state index in [4.69, 9.17) is 0 Å². The molecule has 1 aromatic carbocycles. The molecule has 2 aromatic heterocycles. The molecule has 5 rings (SSSR count). The van der Waals surface area contributed by atoms with Crippen molar-refractivity contribution in [3.8, 4) is 5.82 Å². The predicted molar refractivity (Wildman–Crippen MR) is 115 cm³/mol. The van der Waals surface area contributed by atoms with Crippen LogP contribution in [0, 0.1) is 24.4 Å². The van der Waals surface area contributed by atoms with Crippen LogP contribution in [0.4, 0.5) is 23.9 Å². The van der Waals surface area contributed by atoms with Crippen molar-refractivity contribution in [3.05, 3.63) is 59.6 Å². The Bertz CT molecular complexity index is 1240. The lowest BCUT2D eigenvalue weighted by Crippen LogP contribution is -2.52. The van der Waals surface area contributed by atoms with Crippen molar-refractivity contribution in [1.29, 1.82) is 0 Å². The molecule has 0 aliphatic carbocycles. The average molecular weight is 471 g/mol. The zero-order valence-corrected chi connectivity index (χ0v) is 18.1. The van der Waals surface area contributed by atoms with E-state index >= 15 is 0 Å². The quantitative estimate of drug-likeness (QED) is 0.583. The zero-order chi connectivity index (χ0) is 23.8. The molecule has 0 radical (unpaired) electrons. The maximum atomic E-state index is 14.2. The van der Waals surface area contributed by atoms with Crippen molar-refractivity contribution in [2.45, 2.75) is 19.4 Å². The van der Waals surface area contributed by atoms with E-state index in [-0.39, 0.29) is 11.8 Å². The molecular weight excluding hydrogens is 451 g/mol. The summed E-state index contributed by atoms with van der Waals surface area (Å²) >= 11 is 0. The Morgan fingerprint density at radius 2 is 1.76 bits per heavy atom. The summed E-state index contributed by atoms with van der Waals surface area (Å²) < 4.78 is 42.9. The van der Waals surface area contributed by atoms with Crippen molar-refractivity contribution < 1.29 is 18.0 Å². The van der Waals surface area contributed by atoms with Gasteiger partial charge in [0.25, 0.3) is 0 Å². The molecule has 3 aromatic rings. The number of benzene rings is 1. The third kappa shape index (κ3) is 4.16. The highest BCUT2D eigenvalue weighted by atomic mass is 19.1. The van der Waals surface area contributed by atoms with Gasteiger partial charge in [0.1, 0.15) is 23.8 Å². The number of carbonyl (C=O) groups excluding carboxylic acids is 1. The highest BCUT2D eigenvalue weighted by Gasteiger charge is 2.34. The summed E-state index contributed by atoms with van der Waals surface area (Å²) in [7, 11) is 0. The number of urea groups is 1. The Kier molecular flexibility index (Phi) is 5.59. The molecule has 13 heteroatoms. The summed E-state index contributed by atoms with van der Waals surface area (Å²) in [5.74, 6) is -1.26. The van der Waals surface area contributed by atoms with Crippen LogP contribution in [0.5, 0.6) is 0 Å². The summed E-state index contributed by atoms with van der Waals surface area (Å²) in [5.41, 5.74) is 0.345. The molecule has 1 atom stereocenters. The molecule has 1 saturated heterocycles. The Morgan fingerprint density at radius 1 is 1.03 bits per heavy atom. The van der Waals surface area contributed by atoms with Crippen LogP contribution in [0.1, 0.15) is 23.9 Å². The first-order valence-electron chi connectivity index (χ1n) is 10.6. The van der Waals surface area contributed by atoms with Crippen LogP contribution in [-0.2, 0) is 0 Å². The summed E-state index contributed by atoms with van der Waals surface area (Å²) in [5, 5.41) is 9.48. The van der Waals surface area contributed by atoms with Crippen molar-refractivity contribution in [2.75, 3.05) is 31.1 Å². The number of anilines is 1. The van der Waals surface area contributed by atoms with Crippen LogP contribution < -0.4 is 4.90 Å². The molecule has 4 heterocycles. The number of aryl methyl sites for hydroxylation is 1. The first-order valence-corrected chi connectivity index (χ1v) is 10.6. The molecule has 34 heavy (non-hydrogen) atoms. The Balaban J connectivity index is 1.27. The molecule has 2 amide bonds. The van der Waals surface area contributed by atoms with Crippen molar-refractivity contribution in [1.82, 2.24) is 34.6 Å². The normalized spacial score (nSPS) is 18.1. The number of amides is 2. The van der Waals surface area contributed by atoms with E-state index in [1.165, 1.54) is 28.2 Å². The predicted octanol–water partition coefficient (Wildman–Crippen LogP) is 2.46. The second-order valence-corrected chi connectivity index (χ2v) is 7.93. The van der Waals surface area contributed by atoms with Crippen LogP contribution in [0.15, 0.2) is 35.8 Å². The minimum absolute atomic E-state index is 0.0133. The van der Waals surface area contributed by atoms with Gasteiger partial charge >= 0.3 is 6.03 Å². The number of halogens is 3. The van der Waals surface area contributed by atoms with E-state index in [1.54, 1.807) is 18.0 Å². The number of hydrazone groups is 1. The van der Waals surface area contributed by atoms with E-state index in [9.17, 15) is 18.0 Å². The highest BCUT2D eigenvalue weighted by molar-refractivity contribution is 5.78. The molecule has 0 bridgehead atoms. The number of nitrogens with zero attached hydrogens (tertiary/aromatic N) is 9. The van der Waals surface area contributed by atoms with Crippen molar-refractivity contribution in [3.63, 3.8) is 0 Å². The van der Waals surface area contributed by atoms with Gasteiger partial charge in [0.05, 0.1) is 12.2 Å². The fraction of sp³-hybridized carbons (Fsp3) is 0.333. The standard InChI is InChI=1S/C21H20F3N9O/c1-13-26-12-32(29-13)19-17(24)11-25-20(28-19)30-4-6-31(7-5-30)21(34)33-18(2-3-27-33)14-8-15(22)10-16(23)9-14/h3,8-12,18H,2,4-7H2,1H3/t18-/m0/s1. The number of rotatable bonds is 3. The van der Waals surface area contributed by atoms with E-state index < -0.39 is 23.5 Å². The maximum Gasteiger partial charge on any atom is 0.341 e. The summed E-state index contributed by atoms with van der Waals surface area (Å²) in [4.78, 5) is 28.9. The fourth-order valence-electron chi connectivity index (χ4n) is 4.00. The van der Waals surface area contributed by atoms with E-state index in [2.05, 4.69) is 25.2 Å². The maximum absolute atomic E-state index is 14.2. The minimum Gasteiger partial charge on any atom is -0.337 e. The first-order chi connectivity index (χ1) is 16.4. The van der Waals surface area contributed by atoms with Gasteiger partial charge in [-0.2, -0.15) is 19.9 Å². The molecule has 176 valence electrons. The molecule has 0 unspecified atom stereocenters. The monoisotopic (exact) mass is 471 g/mol. The van der Waals surface area contributed by atoms with E-state index in [0.29, 0.717) is 49.9 Å². The molecule has 2 aliphatic heterocycles. The molecule has 1 fully saturated rings. The van der Waals surface area contributed by atoms with E-state index in [0.717, 1.165) is 12.3 Å². The molecule has 0 saturated carbocycles. The Labute approximate surface area is 192 Å². The fourth-order valence-corrected chi connectivity index (χ4v) is 4.00. The van der Waals surface area contributed by atoms with Gasteiger partial charge in [-0.05, 0) is 24.6 Å². The lowest BCUT2D eigenvalue weighted by molar-refractivity contribution is 0.139. The largest absolute Gasteiger partial charge is 0.341 e. The molecular formula is C21H20F3N9O. The third-order valence-corrected chi connectivity index (χ3v) is 5.66. The van der Waals surface area contributed by atoms with Gasteiger partial charge in [0.2, 0.25) is 5.95 Å². The zero-order valence-electron chi connectivity index (χ0n) is 18.1. The second-order valence-electron chi connectivity index (χ2n) is 7.93. The summed E-state index contributed by atoms with van der Waals surface area (Å²) in [6.45, 7) is 3.18. The number of aromatic nitrogens is 5. The van der Waals surface area contributed by atoms with E-state index in [1.807, 2.05) is 4.90 Å². The molecule has 10 nitrogen and oxygen atoms in total. The van der Waals surface area contributed by atoms with Gasteiger partial charge in [-0.1, -0.05) is 0 Å². The van der Waals surface area contributed by atoms with Gasteiger partial charge in [0.15, 0.2) is 11.6 Å². The van der Waals surface area contributed by atoms with Gasteiger partial charge in [0, 0.05) is 44.9 Å². The number of hydrogen-bond donors (Lipinski definition) is 0. The molecule has 0 spiro atoms. The number of carbonyl (C=O) groups is 1. The van der Waals surface area contributed by atoms with Gasteiger partial charge in [-0.15, -0.1) is 0 Å². The Morgan fingerprint density at radius 3 is 2.44 bits per heavy atom. The molecule has 0 N–H and O–H groups in total. The van der Waals surface area contributed by atoms with Crippen LogP contribution >= 0.6 is 0 Å². The first kappa shape index (κ1) is 21.8. The lowest BCUT2D eigenvalue weighted by atomic mass is 10.0. The van der Waals surface area contributed by atoms with Gasteiger partial charge < -0.3 is 9.80 Å². The van der Waals surface area contributed by atoms with Crippen LogP contribution in [-0.4, -0.2) is 73.1 Å². The van der Waals surface area contributed by atoms with Gasteiger partial charge in [-0.25, -0.2) is 32.9 Å². The third-order valence-electron chi connectivity index (χ3n) is 5.66. The summed E-state index contributed by atoms with van der Waals surface area (Å²) in [6, 6.07) is 2.27. The number of hydrogen-bond acceptors (Lipinski definition) is 7.